The number of aryl methyl sites for hydroxylation is 7. The van der Waals surface area contributed by atoms with Crippen molar-refractivity contribution in [3.63, 3.8) is 0 Å². The first kappa shape index (κ1) is 107. The summed E-state index contributed by atoms with van der Waals surface area (Å²) in [6.07, 6.45) is 0.154. The summed E-state index contributed by atoms with van der Waals surface area (Å²) in [5.41, 5.74) is 21.7. The Labute approximate surface area is 835 Å². The van der Waals surface area contributed by atoms with Crippen LogP contribution >= 0.6 is 45.3 Å². The summed E-state index contributed by atoms with van der Waals surface area (Å²) in [7, 11) is 1.48. The number of aromatic nitrogens is 7. The molecule has 0 spiro atoms. The van der Waals surface area contributed by atoms with Gasteiger partial charge in [0.05, 0.1) is 131 Å². The highest BCUT2D eigenvalue weighted by Gasteiger charge is 2.48. The fourth-order valence-electron chi connectivity index (χ4n) is 18.8. The normalized spacial score (nSPS) is 19.5. The van der Waals surface area contributed by atoms with Gasteiger partial charge in [0.25, 0.3) is 5.88 Å². The van der Waals surface area contributed by atoms with Crippen molar-refractivity contribution in [2.45, 2.75) is 273 Å². The monoisotopic (exact) mass is 1990 g/mol. The number of ether oxygens (including phenoxy) is 1. The summed E-state index contributed by atoms with van der Waals surface area (Å²) in [5.74, 6) is -1.71. The van der Waals surface area contributed by atoms with Gasteiger partial charge in [0.1, 0.15) is 41.4 Å². The number of aliphatic hydroxyl groups excluding tert-OH is 4. The van der Waals surface area contributed by atoms with Gasteiger partial charge in [-0.2, -0.15) is 0 Å². The molecule has 4 aromatic carbocycles. The van der Waals surface area contributed by atoms with Gasteiger partial charge in [-0.25, -0.2) is 19.9 Å². The molecule has 0 radical (unpaired) electrons. The average Bonchev–Trinajstić information content (AvgIpc) is 1.64. The topological polar surface area (TPSA) is 405 Å². The molecule has 0 saturated carbocycles. The van der Waals surface area contributed by atoms with E-state index in [0.717, 1.165) is 81.9 Å². The highest BCUT2D eigenvalue weighted by atomic mass is 32.1. The number of carbonyl (C=O) groups is 8. The van der Waals surface area contributed by atoms with E-state index in [-0.39, 0.29) is 134 Å². The van der Waals surface area contributed by atoms with E-state index in [4.69, 9.17) is 18.3 Å². The van der Waals surface area contributed by atoms with E-state index in [9.17, 15) is 58.8 Å². The van der Waals surface area contributed by atoms with Crippen molar-refractivity contribution in [1.29, 1.82) is 0 Å². The van der Waals surface area contributed by atoms with E-state index in [0.29, 0.717) is 72.3 Å². The van der Waals surface area contributed by atoms with Crippen molar-refractivity contribution in [3.8, 4) is 47.6 Å². The summed E-state index contributed by atoms with van der Waals surface area (Å²) < 4.78 is 21.3. The van der Waals surface area contributed by atoms with Crippen molar-refractivity contribution >= 4 is 92.4 Å². The van der Waals surface area contributed by atoms with Gasteiger partial charge in [-0.05, 0) is 140 Å². The standard InChI is InChI=1S/C27H34N4O4S.C27H33N3O4S.C26H36N4O3S.C26H31N3O5S/c1-6-21(18-7-9-19(10-8-18)25-17(5)28-14-36-25)29-26(33)22-12-20(32)13-31(22)27(34)24(15(2)3)23-11-16(4)30-35-23;1-15(2)25(24-11-17(4)29-34-24)27(33)30-13-21(31)12-22(30)23(32)10-16(3)19-6-8-20(9-7-19)26-18(5)28-14-35-26;1-15(19-8-10-20(11-9-19)23-17(3)27-14-34-23)28-16(2)22-12-21(32)13-30(22)25(33)24(26(5,6)7)29-18(4)31;1-15(2)24(22-12-23(33-4)28-34-22)26(32)29-13-19(30)11-20(29)21(31)10-7-17-5-8-18(9-6-17)25-16(3)27-14-35-25/h7-11,14-15,20-22,24,32H,6,12-13H2,1-5H3,(H,29,33);6-9,11,14-16,21-22,25,31H,10,12-13H2,1-5H3;8-11,14-15,21-22,24,28,32H,2,12-13H2,1,3-7H3,(H,29,31);5-6,8-9,12,14-15,19-20,24,30H,7,10-11,13H2,1-4H3/t20-,21+,22+,24-;16-,21-,22+,25?;15-,21+,22-,24+;19-,20+,24-/m1101/s1. The van der Waals surface area contributed by atoms with Gasteiger partial charge in [0.15, 0.2) is 17.3 Å². The number of nitrogens with zero attached hydrogens (tertiary/aromatic N) is 11. The SMILES string of the molecule is C=C(N[C@@H](C)c1ccc(-c2scnc2C)cc1)[C@@H]1C[C@@H](O)CN1C(=O)[C@@H](NC(C)=O)C(C)(C)C.CC[C@H](NC(=O)[C@@H]1C[C@@H](O)CN1C(=O)[C@@H](c1cc(C)no1)C(C)C)c1ccc(-c2scnc2C)cc1.COc1cc([C@H](C(=O)N2C[C@H](O)C[C@H]2C(=O)CCc2ccc(-c3scnc3C)cc2)C(C)C)on1.Cc1cc(C(C(=O)N2C[C@H](O)C[C@H]2C(=O)C[C@@H](C)c2ccc(-c3scnc3C)cc2)C(C)C)on1. The minimum Gasteiger partial charge on any atom is -0.479 e. The molecule has 0 bridgehead atoms. The lowest BCUT2D eigenvalue weighted by Gasteiger charge is -2.36. The molecule has 140 heavy (non-hydrogen) atoms. The van der Waals surface area contributed by atoms with Crippen LogP contribution in [0.5, 0.6) is 5.88 Å². The molecule has 34 heteroatoms. The smallest absolute Gasteiger partial charge is 0.254 e. The molecule has 15 atom stereocenters. The van der Waals surface area contributed by atoms with Gasteiger partial charge in [0.2, 0.25) is 35.4 Å². The number of hydrogen-bond donors (Lipinski definition) is 7. The average molecular weight is 1990 g/mol. The third-order valence-corrected chi connectivity index (χ3v) is 30.3. The van der Waals surface area contributed by atoms with Crippen molar-refractivity contribution in [3.05, 3.63) is 223 Å². The predicted octanol–water partition coefficient (Wildman–Crippen LogP) is 17.1. The second-order valence-electron chi connectivity index (χ2n) is 39.3. The molecule has 15 rings (SSSR count). The summed E-state index contributed by atoms with van der Waals surface area (Å²) >= 11 is 6.45. The van der Waals surface area contributed by atoms with Gasteiger partial charge < -0.3 is 74.3 Å². The van der Waals surface area contributed by atoms with Crippen LogP contribution in [0.3, 0.4) is 0 Å². The Morgan fingerprint density at radius 3 is 1.18 bits per heavy atom. The van der Waals surface area contributed by atoms with E-state index in [1.807, 2.05) is 188 Å². The summed E-state index contributed by atoms with van der Waals surface area (Å²) in [6, 6.07) is 34.7. The minimum absolute atomic E-state index is 0.00776. The molecule has 6 amide bonds. The first-order valence-electron chi connectivity index (χ1n) is 47.9. The highest BCUT2D eigenvalue weighted by Crippen LogP contribution is 2.41. The number of rotatable bonds is 32. The molecule has 4 aliphatic heterocycles. The minimum atomic E-state index is -0.754. The van der Waals surface area contributed by atoms with Crippen LogP contribution in [0.15, 0.2) is 163 Å². The number of carbonyl (C=O) groups excluding carboxylic acids is 8. The number of benzene rings is 4. The lowest BCUT2D eigenvalue weighted by Crippen LogP contribution is -2.56. The maximum absolute atomic E-state index is 13.6. The van der Waals surface area contributed by atoms with Gasteiger partial charge in [0, 0.05) is 102 Å². The van der Waals surface area contributed by atoms with Crippen LogP contribution in [-0.4, -0.2) is 210 Å². The summed E-state index contributed by atoms with van der Waals surface area (Å²) in [5, 5.41) is 62.5. The molecule has 7 aromatic heterocycles. The van der Waals surface area contributed by atoms with Crippen LogP contribution in [-0.2, 0) is 44.8 Å². The number of amides is 6. The van der Waals surface area contributed by atoms with Gasteiger partial charge in [-0.3, -0.25) is 38.4 Å². The molecule has 4 aliphatic rings. The molecule has 4 fully saturated rings. The molecule has 7 N–H and O–H groups in total. The van der Waals surface area contributed by atoms with Crippen LogP contribution in [0.25, 0.3) is 41.8 Å². The number of nitrogens with one attached hydrogen (secondary N) is 3. The first-order valence-corrected chi connectivity index (χ1v) is 51.4. The van der Waals surface area contributed by atoms with Gasteiger partial charge in [-0.15, -0.1) is 45.3 Å². The summed E-state index contributed by atoms with van der Waals surface area (Å²) in [4.78, 5) is 134. The fourth-order valence-corrected chi connectivity index (χ4v) is 22.0. The van der Waals surface area contributed by atoms with Crippen LogP contribution in [0.2, 0.25) is 0 Å². The number of methoxy groups -OCH3 is 1. The molecule has 748 valence electrons. The van der Waals surface area contributed by atoms with Crippen molar-refractivity contribution in [2.24, 2.45) is 23.2 Å². The Hall–Kier alpha value is -11.6. The first-order chi connectivity index (χ1) is 66.5. The number of β-amino-alcohol motifs (C(OH)–C–C–N with tert-alkyl or cyclic N) is 4. The third kappa shape index (κ3) is 26.4. The largest absolute Gasteiger partial charge is 0.479 e. The van der Waals surface area contributed by atoms with E-state index < -0.39 is 71.8 Å². The Morgan fingerprint density at radius 1 is 0.464 bits per heavy atom. The Balaban J connectivity index is 0.000000167. The van der Waals surface area contributed by atoms with E-state index in [2.05, 4.69) is 106 Å². The van der Waals surface area contributed by atoms with E-state index in [1.54, 1.807) is 80.3 Å². The lowest BCUT2D eigenvalue weighted by atomic mass is 9.85. The summed E-state index contributed by atoms with van der Waals surface area (Å²) in [6.45, 7) is 41.3. The molecular formula is C106H134N14O16S4. The van der Waals surface area contributed by atoms with Crippen LogP contribution in [0.1, 0.15) is 244 Å². The van der Waals surface area contributed by atoms with E-state index >= 15 is 0 Å². The molecule has 1 unspecified atom stereocenters. The maximum atomic E-state index is 13.6. The number of thiazole rings is 4. The molecule has 0 aliphatic carbocycles. The Bertz CT molecular complexity index is 6050. The maximum Gasteiger partial charge on any atom is 0.254 e. The zero-order valence-electron chi connectivity index (χ0n) is 83.6. The zero-order valence-corrected chi connectivity index (χ0v) is 86.9. The zero-order chi connectivity index (χ0) is 102. The molecule has 30 nitrogen and oxygen atoms in total. The lowest BCUT2D eigenvalue weighted by molar-refractivity contribution is -0.141. The second-order valence-corrected chi connectivity index (χ2v) is 42.7. The number of ketones is 2. The van der Waals surface area contributed by atoms with Crippen molar-refractivity contribution < 1.29 is 77.1 Å². The predicted molar refractivity (Wildman–Crippen MR) is 542 cm³/mol. The van der Waals surface area contributed by atoms with E-state index in [1.165, 1.54) is 28.7 Å². The molecule has 11 heterocycles. The highest BCUT2D eigenvalue weighted by molar-refractivity contribution is 7.14. The van der Waals surface area contributed by atoms with Crippen molar-refractivity contribution in [2.75, 3.05) is 33.3 Å². The van der Waals surface area contributed by atoms with Crippen molar-refractivity contribution in [1.82, 2.24) is 71.0 Å². The third-order valence-electron chi connectivity index (χ3n) is 26.4. The molecule has 11 aromatic rings. The van der Waals surface area contributed by atoms with Gasteiger partial charge >= 0.3 is 0 Å². The molecule has 4 saturated heterocycles. The Kier molecular flexibility index (Phi) is 36.6. The van der Waals surface area contributed by atoms with Gasteiger partial charge in [-0.1, -0.05) is 190 Å². The molecular weight excluding hydrogens is 1850 g/mol. The number of Topliss-reactive ketones (excluding diaryl/α,β-unsaturated/α-hetero) is 2. The van der Waals surface area contributed by atoms with Crippen LogP contribution in [0.4, 0.5) is 0 Å². The number of hydrogen-bond acceptors (Lipinski definition) is 28. The van der Waals surface area contributed by atoms with Crippen LogP contribution < -0.4 is 20.7 Å². The quantitative estimate of drug-likeness (QED) is 0.0206. The second kappa shape index (κ2) is 47.8. The fraction of sp³-hybridized carbons (Fsp3) is 0.481. The number of aliphatic hydroxyl groups is 4. The Morgan fingerprint density at radius 2 is 0.821 bits per heavy atom. The van der Waals surface area contributed by atoms with Crippen LogP contribution in [0, 0.1) is 64.7 Å². The number of likely N-dealkylation sites (tertiary alicyclic amines) is 4.